The van der Waals surface area contributed by atoms with Crippen LogP contribution in [0.5, 0.6) is 0 Å². The van der Waals surface area contributed by atoms with E-state index in [9.17, 15) is 19.5 Å². The van der Waals surface area contributed by atoms with E-state index >= 15 is 0 Å². The van der Waals surface area contributed by atoms with E-state index < -0.39 is 29.6 Å². The Morgan fingerprint density at radius 2 is 1.71 bits per heavy atom. The Labute approximate surface area is 249 Å². The highest BCUT2D eigenvalue weighted by Crippen LogP contribution is 2.60. The number of ether oxygens (including phenoxy) is 1. The fourth-order valence-electron chi connectivity index (χ4n) is 6.78. The highest BCUT2D eigenvalue weighted by atomic mass is 79.9. The molecular weight excluding hydrogens is 586 g/mol. The fourth-order valence-corrected chi connectivity index (χ4v) is 7.72. The number of hydrogen-bond donors (Lipinski definition) is 1. The zero-order valence-electron chi connectivity index (χ0n) is 23.0. The Balaban J connectivity index is 1.54. The van der Waals surface area contributed by atoms with Crippen molar-refractivity contribution in [2.75, 3.05) is 31.1 Å². The molecule has 1 N–H and O–H groups in total. The quantitative estimate of drug-likeness (QED) is 0.289. The molecule has 0 saturated carbocycles. The van der Waals surface area contributed by atoms with Crippen LogP contribution in [0.1, 0.15) is 18.4 Å². The fraction of sp³-hybridized carbons (Fsp3) is 0.406. The van der Waals surface area contributed by atoms with Crippen molar-refractivity contribution in [2.45, 2.75) is 42.0 Å². The van der Waals surface area contributed by atoms with Crippen molar-refractivity contribution in [1.82, 2.24) is 9.80 Å². The number of amides is 3. The summed E-state index contributed by atoms with van der Waals surface area (Å²) in [5.41, 5.74) is 0.486. The summed E-state index contributed by atoms with van der Waals surface area (Å²) in [6.07, 6.45) is 3.50. The first kappa shape index (κ1) is 29.2. The van der Waals surface area contributed by atoms with Gasteiger partial charge in [0, 0.05) is 43.3 Å². The topological polar surface area (TPSA) is 90.4 Å². The van der Waals surface area contributed by atoms with E-state index in [0.717, 1.165) is 5.56 Å². The van der Waals surface area contributed by atoms with Crippen LogP contribution in [-0.2, 0) is 25.7 Å². The van der Waals surface area contributed by atoms with Crippen LogP contribution in [-0.4, -0.2) is 81.4 Å². The van der Waals surface area contributed by atoms with Crippen LogP contribution in [0.4, 0.5) is 5.69 Å². The zero-order chi connectivity index (χ0) is 29.1. The number of aliphatic hydroxyl groups excluding tert-OH is 1. The first-order chi connectivity index (χ1) is 19.9. The molecule has 2 aromatic rings. The van der Waals surface area contributed by atoms with Crippen molar-refractivity contribution in [3.63, 3.8) is 0 Å². The van der Waals surface area contributed by atoms with Crippen molar-refractivity contribution in [1.29, 1.82) is 0 Å². The molecule has 6 atom stereocenters. The monoisotopic (exact) mass is 621 g/mol. The summed E-state index contributed by atoms with van der Waals surface area (Å²) in [5.74, 6) is -2.35. The second-order valence-corrected chi connectivity index (χ2v) is 12.0. The standard InChI is InChI=1S/C32H36BrN3O5/c1-3-16-34(21-22-12-7-5-8-13-22)31(40)28-32-20-24(33)27(41-32)25(26(32)30(39)36(28)18-11-19-37)29(38)35(17-4-2)23-14-9-6-10-15-23/h3-10,12-15,24-28,37H,1-2,11,16-21H2/t24?,25-,26+,27-,28?,32?/m1/s1. The molecule has 3 fully saturated rings. The highest BCUT2D eigenvalue weighted by Gasteiger charge is 2.76. The van der Waals surface area contributed by atoms with Crippen LogP contribution < -0.4 is 4.90 Å². The number of anilines is 1. The molecule has 3 amide bonds. The van der Waals surface area contributed by atoms with E-state index in [0.29, 0.717) is 25.1 Å². The van der Waals surface area contributed by atoms with Crippen LogP contribution in [0.3, 0.4) is 0 Å². The number of aliphatic hydroxyl groups is 1. The van der Waals surface area contributed by atoms with E-state index in [2.05, 4.69) is 29.1 Å². The van der Waals surface area contributed by atoms with Crippen LogP contribution in [0, 0.1) is 11.8 Å². The van der Waals surface area contributed by atoms with Crippen molar-refractivity contribution < 1.29 is 24.2 Å². The number of benzene rings is 2. The van der Waals surface area contributed by atoms with Crippen molar-refractivity contribution >= 4 is 39.3 Å². The lowest BCUT2D eigenvalue weighted by atomic mass is 9.70. The molecule has 0 aliphatic carbocycles. The third kappa shape index (κ3) is 5.15. The average Bonchev–Trinajstić information content (AvgIpc) is 3.58. The van der Waals surface area contributed by atoms with E-state index in [1.807, 2.05) is 60.7 Å². The molecule has 2 aromatic carbocycles. The second kappa shape index (κ2) is 12.3. The average molecular weight is 623 g/mol. The second-order valence-electron chi connectivity index (χ2n) is 10.8. The van der Waals surface area contributed by atoms with Gasteiger partial charge in [-0.1, -0.05) is 76.6 Å². The number of nitrogens with zero attached hydrogens (tertiary/aromatic N) is 3. The van der Waals surface area contributed by atoms with Crippen LogP contribution in [0.15, 0.2) is 86.0 Å². The maximum absolute atomic E-state index is 14.4. The van der Waals surface area contributed by atoms with Crippen molar-refractivity contribution in [3.8, 4) is 0 Å². The molecule has 2 bridgehead atoms. The number of fused-ring (bicyclic) bond motifs is 1. The van der Waals surface area contributed by atoms with Gasteiger partial charge in [0.1, 0.15) is 11.6 Å². The number of halogens is 1. The van der Waals surface area contributed by atoms with Gasteiger partial charge in [0.2, 0.25) is 17.7 Å². The number of likely N-dealkylation sites (tertiary alicyclic amines) is 1. The Morgan fingerprint density at radius 3 is 2.34 bits per heavy atom. The molecule has 216 valence electrons. The molecule has 3 unspecified atom stereocenters. The molecule has 8 nitrogen and oxygen atoms in total. The molecular formula is C32H36BrN3O5. The minimum absolute atomic E-state index is 0.128. The van der Waals surface area contributed by atoms with E-state index in [1.165, 1.54) is 0 Å². The summed E-state index contributed by atoms with van der Waals surface area (Å²) in [7, 11) is 0. The van der Waals surface area contributed by atoms with Crippen LogP contribution in [0.2, 0.25) is 0 Å². The molecule has 3 aliphatic heterocycles. The first-order valence-electron chi connectivity index (χ1n) is 14.0. The third-order valence-corrected chi connectivity index (χ3v) is 9.23. The van der Waals surface area contributed by atoms with Gasteiger partial charge in [-0.3, -0.25) is 14.4 Å². The summed E-state index contributed by atoms with van der Waals surface area (Å²) in [6.45, 7) is 8.66. The Morgan fingerprint density at radius 1 is 1.05 bits per heavy atom. The third-order valence-electron chi connectivity index (χ3n) is 8.39. The molecule has 0 aromatic heterocycles. The summed E-state index contributed by atoms with van der Waals surface area (Å²) in [4.78, 5) is 47.6. The minimum atomic E-state index is -1.17. The highest BCUT2D eigenvalue weighted by molar-refractivity contribution is 9.09. The number of alkyl halides is 1. The number of carbonyl (C=O) groups excluding carboxylic acids is 3. The lowest BCUT2D eigenvalue weighted by molar-refractivity contribution is -0.148. The zero-order valence-corrected chi connectivity index (χ0v) is 24.6. The van der Waals surface area contributed by atoms with Gasteiger partial charge in [0.05, 0.1) is 17.9 Å². The molecule has 3 heterocycles. The molecule has 9 heteroatoms. The van der Waals surface area contributed by atoms with Crippen molar-refractivity contribution in [3.05, 3.63) is 91.5 Å². The summed E-state index contributed by atoms with van der Waals surface area (Å²) < 4.78 is 6.67. The van der Waals surface area contributed by atoms with Crippen LogP contribution in [0.25, 0.3) is 0 Å². The van der Waals surface area contributed by atoms with Gasteiger partial charge >= 0.3 is 0 Å². The predicted octanol–water partition coefficient (Wildman–Crippen LogP) is 3.55. The van der Waals surface area contributed by atoms with Gasteiger partial charge in [0.15, 0.2) is 0 Å². The SMILES string of the molecule is C=CCN(Cc1ccccc1)C(=O)C1N(CCCO)C(=O)[C@@H]2[C@@H](C(=O)N(CC=C)c3ccccc3)[C@@H]3OC12CC3Br. The largest absolute Gasteiger partial charge is 0.396 e. The maximum Gasteiger partial charge on any atom is 0.248 e. The molecule has 3 aliphatic rings. The molecule has 3 saturated heterocycles. The lowest BCUT2D eigenvalue weighted by Gasteiger charge is -2.37. The normalized spacial score (nSPS) is 27.9. The smallest absolute Gasteiger partial charge is 0.248 e. The molecule has 5 rings (SSSR count). The van der Waals surface area contributed by atoms with Gasteiger partial charge < -0.3 is 24.5 Å². The number of carbonyl (C=O) groups is 3. The first-order valence-corrected chi connectivity index (χ1v) is 14.9. The Kier molecular flexibility index (Phi) is 8.77. The molecule has 41 heavy (non-hydrogen) atoms. The van der Waals surface area contributed by atoms with Gasteiger partial charge in [-0.05, 0) is 30.5 Å². The lowest BCUT2D eigenvalue weighted by Crippen LogP contribution is -2.57. The van der Waals surface area contributed by atoms with Gasteiger partial charge in [-0.15, -0.1) is 13.2 Å². The van der Waals surface area contributed by atoms with Crippen LogP contribution >= 0.6 is 15.9 Å². The van der Waals surface area contributed by atoms with E-state index in [1.54, 1.807) is 26.9 Å². The summed E-state index contributed by atoms with van der Waals surface area (Å²) in [5, 5.41) is 9.64. The number of rotatable bonds is 12. The predicted molar refractivity (Wildman–Crippen MR) is 160 cm³/mol. The molecule has 0 radical (unpaired) electrons. The molecule has 1 spiro atoms. The summed E-state index contributed by atoms with van der Waals surface area (Å²) >= 11 is 3.74. The van der Waals surface area contributed by atoms with Gasteiger partial charge in [-0.25, -0.2) is 0 Å². The van der Waals surface area contributed by atoms with E-state index in [-0.39, 0.29) is 48.8 Å². The number of hydrogen-bond acceptors (Lipinski definition) is 5. The van der Waals surface area contributed by atoms with Gasteiger partial charge in [0.25, 0.3) is 0 Å². The minimum Gasteiger partial charge on any atom is -0.396 e. The number of para-hydroxylation sites is 1. The Hall–Kier alpha value is -3.27. The van der Waals surface area contributed by atoms with Crippen molar-refractivity contribution in [2.24, 2.45) is 11.8 Å². The van der Waals surface area contributed by atoms with Gasteiger partial charge in [-0.2, -0.15) is 0 Å². The summed E-state index contributed by atoms with van der Waals surface area (Å²) in [6, 6.07) is 18.0. The maximum atomic E-state index is 14.4. The Bertz CT molecular complexity index is 1290. The van der Waals surface area contributed by atoms with E-state index in [4.69, 9.17) is 4.74 Å².